The summed E-state index contributed by atoms with van der Waals surface area (Å²) in [5.41, 5.74) is 2.61. The number of nitrogens with zero attached hydrogens (tertiary/aromatic N) is 3. The Balaban J connectivity index is 1.95. The molecule has 126 valence electrons. The molecule has 1 saturated heterocycles. The Bertz CT molecular complexity index is 743. The Morgan fingerprint density at radius 2 is 2.04 bits per heavy atom. The van der Waals surface area contributed by atoms with Crippen LogP contribution in [0.15, 0.2) is 30.5 Å². The van der Waals surface area contributed by atoms with Gasteiger partial charge >= 0.3 is 0 Å². The van der Waals surface area contributed by atoms with Crippen LogP contribution in [0.25, 0.3) is 11.3 Å². The summed E-state index contributed by atoms with van der Waals surface area (Å²) in [7, 11) is 0. The van der Waals surface area contributed by atoms with Crippen LogP contribution in [0.5, 0.6) is 0 Å². The maximum Gasteiger partial charge on any atom is 0.114 e. The van der Waals surface area contributed by atoms with Crippen LogP contribution in [0.3, 0.4) is 0 Å². The molecule has 3 rings (SSSR count). The molecule has 0 N–H and O–H groups in total. The van der Waals surface area contributed by atoms with Gasteiger partial charge in [0.25, 0.3) is 0 Å². The third-order valence-corrected chi connectivity index (χ3v) is 4.53. The van der Waals surface area contributed by atoms with Gasteiger partial charge in [-0.25, -0.2) is 4.98 Å². The van der Waals surface area contributed by atoms with E-state index in [4.69, 9.17) is 15.0 Å². The second-order valence-electron chi connectivity index (χ2n) is 7.60. The SMILES string of the molecule is CC(C)(C)c1nc(-c2cccc(C#N)c2)cn1CC1CCOCC1. The molecule has 1 aromatic heterocycles. The minimum Gasteiger partial charge on any atom is -0.381 e. The van der Waals surface area contributed by atoms with Crippen LogP contribution in [0.4, 0.5) is 0 Å². The molecule has 2 heterocycles. The van der Waals surface area contributed by atoms with Gasteiger partial charge in [0.2, 0.25) is 0 Å². The lowest BCUT2D eigenvalue weighted by Gasteiger charge is -2.25. The molecule has 0 atom stereocenters. The van der Waals surface area contributed by atoms with Gasteiger partial charge in [-0.1, -0.05) is 32.9 Å². The van der Waals surface area contributed by atoms with Gasteiger partial charge in [-0.3, -0.25) is 0 Å². The highest BCUT2D eigenvalue weighted by Gasteiger charge is 2.24. The summed E-state index contributed by atoms with van der Waals surface area (Å²) in [5.74, 6) is 1.75. The van der Waals surface area contributed by atoms with Gasteiger partial charge in [0, 0.05) is 36.9 Å². The Kier molecular flexibility index (Phi) is 4.73. The summed E-state index contributed by atoms with van der Waals surface area (Å²) in [6, 6.07) is 9.88. The number of hydrogen-bond donors (Lipinski definition) is 0. The molecule has 0 unspecified atom stereocenters. The summed E-state index contributed by atoms with van der Waals surface area (Å²) >= 11 is 0. The molecule has 1 aliphatic rings. The van der Waals surface area contributed by atoms with Gasteiger partial charge in [-0.2, -0.15) is 5.26 Å². The summed E-state index contributed by atoms with van der Waals surface area (Å²) in [5, 5.41) is 9.13. The van der Waals surface area contributed by atoms with Gasteiger partial charge in [0.1, 0.15) is 5.82 Å². The van der Waals surface area contributed by atoms with Crippen molar-refractivity contribution in [3.63, 3.8) is 0 Å². The molecule has 0 aliphatic carbocycles. The molecule has 4 nitrogen and oxygen atoms in total. The van der Waals surface area contributed by atoms with Gasteiger partial charge in [-0.15, -0.1) is 0 Å². The van der Waals surface area contributed by atoms with Crippen molar-refractivity contribution in [1.82, 2.24) is 9.55 Å². The first-order chi connectivity index (χ1) is 11.5. The molecule has 0 saturated carbocycles. The fraction of sp³-hybridized carbons (Fsp3) is 0.500. The van der Waals surface area contributed by atoms with Crippen LogP contribution in [-0.4, -0.2) is 22.8 Å². The summed E-state index contributed by atoms with van der Waals surface area (Å²) in [4.78, 5) is 4.91. The average Bonchev–Trinajstić information content (AvgIpc) is 3.00. The van der Waals surface area contributed by atoms with Crippen molar-refractivity contribution in [2.24, 2.45) is 5.92 Å². The highest BCUT2D eigenvalue weighted by molar-refractivity contribution is 5.61. The molecular formula is C20H25N3O. The number of imidazole rings is 1. The van der Waals surface area contributed by atoms with Gasteiger partial charge < -0.3 is 9.30 Å². The number of benzene rings is 1. The lowest BCUT2D eigenvalue weighted by molar-refractivity contribution is 0.0608. The maximum atomic E-state index is 9.13. The topological polar surface area (TPSA) is 50.8 Å². The van der Waals surface area contributed by atoms with E-state index in [1.807, 2.05) is 24.3 Å². The lowest BCUT2D eigenvalue weighted by Crippen LogP contribution is -2.24. The summed E-state index contributed by atoms with van der Waals surface area (Å²) < 4.78 is 7.79. The first-order valence-electron chi connectivity index (χ1n) is 8.63. The van der Waals surface area contributed by atoms with E-state index >= 15 is 0 Å². The van der Waals surface area contributed by atoms with E-state index in [9.17, 15) is 0 Å². The third-order valence-electron chi connectivity index (χ3n) is 4.53. The predicted octanol–water partition coefficient (Wildman–Crippen LogP) is 4.15. The molecule has 1 fully saturated rings. The highest BCUT2D eigenvalue weighted by atomic mass is 16.5. The molecule has 0 bridgehead atoms. The zero-order valence-corrected chi connectivity index (χ0v) is 14.7. The first-order valence-corrected chi connectivity index (χ1v) is 8.63. The van der Waals surface area contributed by atoms with Crippen molar-refractivity contribution in [1.29, 1.82) is 5.26 Å². The number of hydrogen-bond acceptors (Lipinski definition) is 3. The van der Waals surface area contributed by atoms with Crippen molar-refractivity contribution >= 4 is 0 Å². The van der Waals surface area contributed by atoms with Gasteiger partial charge in [-0.05, 0) is 30.9 Å². The fourth-order valence-electron chi connectivity index (χ4n) is 3.25. The zero-order valence-electron chi connectivity index (χ0n) is 14.7. The predicted molar refractivity (Wildman–Crippen MR) is 94.6 cm³/mol. The molecule has 1 aliphatic heterocycles. The maximum absolute atomic E-state index is 9.13. The van der Waals surface area contributed by atoms with Gasteiger partial charge in [0.05, 0.1) is 17.3 Å². The van der Waals surface area contributed by atoms with Crippen molar-refractivity contribution in [3.8, 4) is 17.3 Å². The molecule has 4 heteroatoms. The van der Waals surface area contributed by atoms with Crippen molar-refractivity contribution in [2.45, 2.75) is 45.6 Å². The number of ether oxygens (including phenoxy) is 1. The second kappa shape index (κ2) is 6.78. The quantitative estimate of drug-likeness (QED) is 0.853. The fourth-order valence-corrected chi connectivity index (χ4v) is 3.25. The third kappa shape index (κ3) is 3.68. The highest BCUT2D eigenvalue weighted by Crippen LogP contribution is 2.29. The van der Waals surface area contributed by atoms with E-state index in [-0.39, 0.29) is 5.41 Å². The summed E-state index contributed by atoms with van der Waals surface area (Å²) in [6.45, 7) is 9.31. The zero-order chi connectivity index (χ0) is 17.2. The molecular weight excluding hydrogens is 298 g/mol. The largest absolute Gasteiger partial charge is 0.381 e. The van der Waals surface area contributed by atoms with E-state index in [0.29, 0.717) is 11.5 Å². The smallest absolute Gasteiger partial charge is 0.114 e. The summed E-state index contributed by atoms with van der Waals surface area (Å²) in [6.07, 6.45) is 4.37. The Hall–Kier alpha value is -2.12. The Labute approximate surface area is 144 Å². The minimum absolute atomic E-state index is 0.0176. The van der Waals surface area contributed by atoms with Crippen LogP contribution in [0, 0.1) is 17.2 Å². The standard InChI is InChI=1S/C20H25N3O/c1-20(2,3)19-22-18(17-6-4-5-16(11-17)12-21)14-23(19)13-15-7-9-24-10-8-15/h4-6,11,14-15H,7-10,13H2,1-3H3. The van der Waals surface area contributed by atoms with E-state index < -0.39 is 0 Å². The minimum atomic E-state index is -0.0176. The lowest BCUT2D eigenvalue weighted by atomic mass is 9.94. The van der Waals surface area contributed by atoms with Crippen molar-refractivity contribution in [2.75, 3.05) is 13.2 Å². The normalized spacial score (nSPS) is 16.1. The van der Waals surface area contributed by atoms with Crippen LogP contribution in [0.1, 0.15) is 45.0 Å². The van der Waals surface area contributed by atoms with Crippen LogP contribution < -0.4 is 0 Å². The van der Waals surface area contributed by atoms with Crippen LogP contribution in [-0.2, 0) is 16.7 Å². The van der Waals surface area contributed by atoms with Gasteiger partial charge in [0.15, 0.2) is 0 Å². The molecule has 0 spiro atoms. The van der Waals surface area contributed by atoms with Crippen LogP contribution in [0.2, 0.25) is 0 Å². The Morgan fingerprint density at radius 1 is 1.29 bits per heavy atom. The first kappa shape index (κ1) is 16.7. The van der Waals surface area contributed by atoms with Crippen LogP contribution >= 0.6 is 0 Å². The van der Waals surface area contributed by atoms with E-state index in [1.54, 1.807) is 0 Å². The second-order valence-corrected chi connectivity index (χ2v) is 7.60. The molecule has 2 aromatic rings. The average molecular weight is 323 g/mol. The number of aromatic nitrogens is 2. The van der Waals surface area contributed by atoms with Crippen molar-refractivity contribution in [3.05, 3.63) is 41.9 Å². The molecule has 0 amide bonds. The monoisotopic (exact) mass is 323 g/mol. The van der Waals surface area contributed by atoms with E-state index in [2.05, 4.69) is 37.6 Å². The van der Waals surface area contributed by atoms with E-state index in [1.165, 1.54) is 0 Å². The number of rotatable bonds is 3. The number of nitriles is 1. The molecule has 0 radical (unpaired) electrons. The molecule has 1 aromatic carbocycles. The Morgan fingerprint density at radius 3 is 2.71 bits per heavy atom. The van der Waals surface area contributed by atoms with Crippen molar-refractivity contribution < 1.29 is 4.74 Å². The molecule has 24 heavy (non-hydrogen) atoms. The van der Waals surface area contributed by atoms with E-state index in [0.717, 1.165) is 49.7 Å².